The summed E-state index contributed by atoms with van der Waals surface area (Å²) in [6.45, 7) is 3.35. The Balaban J connectivity index is 1.92. The fraction of sp³-hybridized carbons (Fsp3) is 0.357. The van der Waals surface area contributed by atoms with Crippen LogP contribution in [-0.2, 0) is 0 Å². The van der Waals surface area contributed by atoms with E-state index in [4.69, 9.17) is 10.2 Å². The number of rotatable bonds is 1. The Labute approximate surface area is 119 Å². The zero-order valence-corrected chi connectivity index (χ0v) is 12.2. The number of hydrogen-bond donors (Lipinski definition) is 1. The van der Waals surface area contributed by atoms with E-state index in [1.165, 1.54) is 0 Å². The number of amides is 1. The Morgan fingerprint density at radius 1 is 1.47 bits per heavy atom. The standard InChI is InChI=1S/C14H15BrN2O2/c1-8-6-17(7-11(8)16)14(18)12-5-9-3-2-4-10(15)13(9)19-12/h2-5,8,11H,6-7,16H2,1H3. The lowest BCUT2D eigenvalue weighted by Crippen LogP contribution is -2.31. The Morgan fingerprint density at radius 3 is 2.89 bits per heavy atom. The molecular formula is C14H15BrN2O2. The Hall–Kier alpha value is -1.33. The number of nitrogens with two attached hydrogens (primary N) is 1. The summed E-state index contributed by atoms with van der Waals surface area (Å²) < 4.78 is 6.52. The number of fused-ring (bicyclic) bond motifs is 1. The minimum Gasteiger partial charge on any atom is -0.450 e. The second-order valence-electron chi connectivity index (χ2n) is 5.12. The third-order valence-corrected chi connectivity index (χ3v) is 4.29. The molecular weight excluding hydrogens is 308 g/mol. The van der Waals surface area contributed by atoms with Crippen LogP contribution in [0.25, 0.3) is 11.0 Å². The van der Waals surface area contributed by atoms with Crippen LogP contribution in [-0.4, -0.2) is 29.9 Å². The minimum absolute atomic E-state index is 0.0556. The van der Waals surface area contributed by atoms with E-state index in [-0.39, 0.29) is 11.9 Å². The molecule has 0 spiro atoms. The lowest BCUT2D eigenvalue weighted by Gasteiger charge is -2.13. The quantitative estimate of drug-likeness (QED) is 0.878. The van der Waals surface area contributed by atoms with Crippen molar-refractivity contribution in [3.05, 3.63) is 34.5 Å². The summed E-state index contributed by atoms with van der Waals surface area (Å²) in [5.41, 5.74) is 6.66. The number of likely N-dealkylation sites (tertiary alicyclic amines) is 1. The molecule has 2 unspecified atom stereocenters. The summed E-state index contributed by atoms with van der Waals surface area (Å²) in [4.78, 5) is 14.1. The van der Waals surface area contributed by atoms with Crippen molar-refractivity contribution in [3.8, 4) is 0 Å². The number of para-hydroxylation sites is 1. The average molecular weight is 323 g/mol. The highest BCUT2D eigenvalue weighted by molar-refractivity contribution is 9.10. The van der Waals surface area contributed by atoms with E-state index in [1.54, 1.807) is 11.0 Å². The van der Waals surface area contributed by atoms with Gasteiger partial charge in [0.25, 0.3) is 5.91 Å². The third kappa shape index (κ3) is 2.17. The number of hydrogen-bond acceptors (Lipinski definition) is 3. The summed E-state index contributed by atoms with van der Waals surface area (Å²) >= 11 is 3.42. The van der Waals surface area contributed by atoms with Crippen LogP contribution in [0.15, 0.2) is 33.2 Å². The zero-order chi connectivity index (χ0) is 13.6. The zero-order valence-electron chi connectivity index (χ0n) is 10.6. The maximum atomic E-state index is 12.4. The smallest absolute Gasteiger partial charge is 0.289 e. The van der Waals surface area contributed by atoms with E-state index in [1.807, 2.05) is 18.2 Å². The monoisotopic (exact) mass is 322 g/mol. The van der Waals surface area contributed by atoms with Gasteiger partial charge in [0.1, 0.15) is 5.58 Å². The summed E-state index contributed by atoms with van der Waals surface area (Å²) in [5, 5.41) is 0.925. The van der Waals surface area contributed by atoms with Crippen molar-refractivity contribution in [1.82, 2.24) is 4.90 Å². The Morgan fingerprint density at radius 2 is 2.26 bits per heavy atom. The van der Waals surface area contributed by atoms with E-state index >= 15 is 0 Å². The highest BCUT2D eigenvalue weighted by Crippen LogP contribution is 2.28. The molecule has 100 valence electrons. The molecule has 0 radical (unpaired) electrons. The van der Waals surface area contributed by atoms with Crippen molar-refractivity contribution in [2.24, 2.45) is 11.7 Å². The van der Waals surface area contributed by atoms with E-state index in [9.17, 15) is 4.79 Å². The molecule has 1 amide bonds. The molecule has 1 saturated heterocycles. The van der Waals surface area contributed by atoms with Crippen molar-refractivity contribution in [3.63, 3.8) is 0 Å². The molecule has 2 atom stereocenters. The van der Waals surface area contributed by atoms with Crippen LogP contribution in [0.4, 0.5) is 0 Å². The lowest BCUT2D eigenvalue weighted by atomic mass is 10.1. The lowest BCUT2D eigenvalue weighted by molar-refractivity contribution is 0.0757. The van der Waals surface area contributed by atoms with Gasteiger partial charge in [0.05, 0.1) is 4.47 Å². The number of carbonyl (C=O) groups is 1. The van der Waals surface area contributed by atoms with Gasteiger partial charge >= 0.3 is 0 Å². The largest absolute Gasteiger partial charge is 0.450 e. The van der Waals surface area contributed by atoms with Gasteiger partial charge in [-0.15, -0.1) is 0 Å². The second-order valence-corrected chi connectivity index (χ2v) is 5.97. The normalized spacial score (nSPS) is 23.2. The molecule has 3 rings (SSSR count). The van der Waals surface area contributed by atoms with Crippen LogP contribution >= 0.6 is 15.9 Å². The van der Waals surface area contributed by atoms with Gasteiger partial charge in [-0.1, -0.05) is 19.1 Å². The van der Waals surface area contributed by atoms with Crippen LogP contribution < -0.4 is 5.73 Å². The molecule has 4 nitrogen and oxygen atoms in total. The number of benzene rings is 1. The predicted octanol–water partition coefficient (Wildman–Crippen LogP) is 2.61. The molecule has 1 aromatic heterocycles. The first-order valence-corrected chi connectivity index (χ1v) is 7.08. The summed E-state index contributed by atoms with van der Waals surface area (Å²) in [5.74, 6) is 0.631. The highest BCUT2D eigenvalue weighted by atomic mass is 79.9. The summed E-state index contributed by atoms with van der Waals surface area (Å²) in [6.07, 6.45) is 0. The van der Waals surface area contributed by atoms with Gasteiger partial charge in [-0.2, -0.15) is 0 Å². The molecule has 2 aromatic rings. The van der Waals surface area contributed by atoms with Gasteiger partial charge in [-0.3, -0.25) is 4.79 Å². The van der Waals surface area contributed by atoms with Gasteiger partial charge < -0.3 is 15.1 Å². The molecule has 0 saturated carbocycles. The summed E-state index contributed by atoms with van der Waals surface area (Å²) in [6, 6.07) is 7.59. The molecule has 19 heavy (non-hydrogen) atoms. The van der Waals surface area contributed by atoms with Gasteiger partial charge in [0, 0.05) is 24.5 Å². The van der Waals surface area contributed by atoms with Gasteiger partial charge in [-0.25, -0.2) is 0 Å². The fourth-order valence-corrected chi connectivity index (χ4v) is 2.91. The van der Waals surface area contributed by atoms with Crippen molar-refractivity contribution in [1.29, 1.82) is 0 Å². The number of nitrogens with zero attached hydrogens (tertiary/aromatic N) is 1. The SMILES string of the molecule is CC1CN(C(=O)c2cc3cccc(Br)c3o2)CC1N. The number of carbonyl (C=O) groups excluding carboxylic acids is 1. The molecule has 0 bridgehead atoms. The van der Waals surface area contributed by atoms with Crippen LogP contribution in [0.2, 0.25) is 0 Å². The summed E-state index contributed by atoms with van der Waals surface area (Å²) in [7, 11) is 0. The number of furan rings is 1. The Kier molecular flexibility index (Phi) is 3.11. The van der Waals surface area contributed by atoms with Crippen LogP contribution in [0.3, 0.4) is 0 Å². The van der Waals surface area contributed by atoms with E-state index in [2.05, 4.69) is 22.9 Å². The van der Waals surface area contributed by atoms with Crippen molar-refractivity contribution < 1.29 is 9.21 Å². The van der Waals surface area contributed by atoms with E-state index in [0.29, 0.717) is 30.4 Å². The third-order valence-electron chi connectivity index (χ3n) is 3.66. The van der Waals surface area contributed by atoms with Crippen LogP contribution in [0, 0.1) is 5.92 Å². The topological polar surface area (TPSA) is 59.5 Å². The maximum Gasteiger partial charge on any atom is 0.289 e. The maximum absolute atomic E-state index is 12.4. The molecule has 2 heterocycles. The van der Waals surface area contributed by atoms with Gasteiger partial charge in [0.15, 0.2) is 5.76 Å². The second kappa shape index (κ2) is 4.65. The van der Waals surface area contributed by atoms with Gasteiger partial charge in [-0.05, 0) is 34.0 Å². The van der Waals surface area contributed by atoms with Crippen LogP contribution in [0.1, 0.15) is 17.5 Å². The molecule has 2 N–H and O–H groups in total. The first kappa shape index (κ1) is 12.7. The fourth-order valence-electron chi connectivity index (χ4n) is 2.45. The van der Waals surface area contributed by atoms with E-state index < -0.39 is 0 Å². The average Bonchev–Trinajstić information content (AvgIpc) is 2.94. The Bertz CT molecular complexity index is 627. The predicted molar refractivity (Wildman–Crippen MR) is 77.0 cm³/mol. The molecule has 1 fully saturated rings. The van der Waals surface area contributed by atoms with Crippen molar-refractivity contribution >= 4 is 32.8 Å². The van der Waals surface area contributed by atoms with Crippen molar-refractivity contribution in [2.45, 2.75) is 13.0 Å². The first-order valence-electron chi connectivity index (χ1n) is 6.29. The molecule has 0 aliphatic carbocycles. The molecule has 1 aliphatic rings. The van der Waals surface area contributed by atoms with Gasteiger partial charge in [0.2, 0.25) is 0 Å². The minimum atomic E-state index is -0.0806. The molecule has 1 aromatic carbocycles. The van der Waals surface area contributed by atoms with E-state index in [0.717, 1.165) is 9.86 Å². The van der Waals surface area contributed by atoms with Crippen LogP contribution in [0.5, 0.6) is 0 Å². The molecule has 1 aliphatic heterocycles. The highest BCUT2D eigenvalue weighted by Gasteiger charge is 2.31. The first-order chi connectivity index (χ1) is 9.06. The van der Waals surface area contributed by atoms with Crippen molar-refractivity contribution in [2.75, 3.05) is 13.1 Å². The molecule has 5 heteroatoms. The number of halogens is 1.